The van der Waals surface area contributed by atoms with E-state index < -0.39 is 5.97 Å². The van der Waals surface area contributed by atoms with Crippen molar-refractivity contribution in [3.05, 3.63) is 53.1 Å². The molecule has 0 unspecified atom stereocenters. The van der Waals surface area contributed by atoms with Crippen LogP contribution in [0.1, 0.15) is 39.6 Å². The van der Waals surface area contributed by atoms with E-state index in [1.165, 1.54) is 6.07 Å². The lowest BCUT2D eigenvalue weighted by molar-refractivity contribution is 0.0696. The highest BCUT2D eigenvalue weighted by Crippen LogP contribution is 2.26. The van der Waals surface area contributed by atoms with Gasteiger partial charge in [0.2, 0.25) is 0 Å². The largest absolute Gasteiger partial charge is 0.497 e. The van der Waals surface area contributed by atoms with Crippen LogP contribution in [0.25, 0.3) is 0 Å². The number of anilines is 1. The first kappa shape index (κ1) is 18.3. The third-order valence-electron chi connectivity index (χ3n) is 3.61. The van der Waals surface area contributed by atoms with Crippen LogP contribution in [0.4, 0.5) is 5.69 Å². The van der Waals surface area contributed by atoms with E-state index in [1.54, 1.807) is 44.4 Å². The maximum Gasteiger partial charge on any atom is 0.335 e. The van der Waals surface area contributed by atoms with E-state index in [2.05, 4.69) is 5.32 Å². The zero-order valence-corrected chi connectivity index (χ0v) is 14.5. The predicted octanol–water partition coefficient (Wildman–Crippen LogP) is 3.74. The number of methoxy groups -OCH3 is 1. The Labute approximate surface area is 146 Å². The first-order valence-electron chi connectivity index (χ1n) is 7.92. The normalized spacial score (nSPS) is 10.2. The molecule has 25 heavy (non-hydrogen) atoms. The maximum absolute atomic E-state index is 12.6. The Kier molecular flexibility index (Phi) is 6.00. The van der Waals surface area contributed by atoms with E-state index in [9.17, 15) is 9.59 Å². The molecule has 0 atom stereocenters. The topological polar surface area (TPSA) is 84.9 Å². The summed E-state index contributed by atoms with van der Waals surface area (Å²) in [4.78, 5) is 23.6. The van der Waals surface area contributed by atoms with Gasteiger partial charge in [0, 0.05) is 11.8 Å². The van der Waals surface area contributed by atoms with Gasteiger partial charge in [-0.3, -0.25) is 4.79 Å². The summed E-state index contributed by atoms with van der Waals surface area (Å²) in [5.41, 5.74) is 1.68. The molecule has 0 aromatic heterocycles. The second kappa shape index (κ2) is 8.19. The average molecular weight is 343 g/mol. The van der Waals surface area contributed by atoms with Crippen molar-refractivity contribution in [2.24, 2.45) is 0 Å². The smallest absolute Gasteiger partial charge is 0.335 e. The number of aromatic carboxylic acids is 1. The number of amides is 1. The minimum atomic E-state index is -0.999. The van der Waals surface area contributed by atoms with Crippen molar-refractivity contribution < 1.29 is 24.2 Å². The van der Waals surface area contributed by atoms with Crippen molar-refractivity contribution in [2.45, 2.75) is 20.3 Å². The van der Waals surface area contributed by atoms with Gasteiger partial charge in [0.25, 0.3) is 5.91 Å². The van der Waals surface area contributed by atoms with Crippen molar-refractivity contribution in [2.75, 3.05) is 19.0 Å². The standard InChI is InChI=1S/C19H21NO5/c1-4-9-25-17-11-14(24-3)6-8-16(17)18(21)20-13-5-7-15(19(22)23)12(2)10-13/h5-8,10-11H,4,9H2,1-3H3,(H,20,21)(H,22,23). The van der Waals surface area contributed by atoms with Gasteiger partial charge < -0.3 is 19.9 Å². The summed E-state index contributed by atoms with van der Waals surface area (Å²) < 4.78 is 10.8. The predicted molar refractivity (Wildman–Crippen MR) is 94.9 cm³/mol. The van der Waals surface area contributed by atoms with Gasteiger partial charge in [-0.25, -0.2) is 4.79 Å². The molecule has 0 radical (unpaired) electrons. The van der Waals surface area contributed by atoms with Crippen molar-refractivity contribution >= 4 is 17.6 Å². The molecule has 1 amide bonds. The number of hydrogen-bond acceptors (Lipinski definition) is 4. The van der Waals surface area contributed by atoms with Crippen LogP contribution in [0, 0.1) is 6.92 Å². The van der Waals surface area contributed by atoms with Gasteiger partial charge in [-0.05, 0) is 49.2 Å². The average Bonchev–Trinajstić information content (AvgIpc) is 2.59. The van der Waals surface area contributed by atoms with Crippen LogP contribution < -0.4 is 14.8 Å². The Bertz CT molecular complexity index is 785. The van der Waals surface area contributed by atoms with Gasteiger partial charge in [-0.1, -0.05) is 6.92 Å². The molecule has 0 saturated heterocycles. The van der Waals surface area contributed by atoms with Crippen LogP contribution in [0.15, 0.2) is 36.4 Å². The first-order valence-corrected chi connectivity index (χ1v) is 7.92. The van der Waals surface area contributed by atoms with Crippen LogP contribution >= 0.6 is 0 Å². The third-order valence-corrected chi connectivity index (χ3v) is 3.61. The van der Waals surface area contributed by atoms with E-state index in [4.69, 9.17) is 14.6 Å². The minimum absolute atomic E-state index is 0.203. The Morgan fingerprint density at radius 3 is 2.44 bits per heavy atom. The molecule has 2 rings (SSSR count). The Hall–Kier alpha value is -3.02. The lowest BCUT2D eigenvalue weighted by Crippen LogP contribution is -2.14. The summed E-state index contributed by atoms with van der Waals surface area (Å²) in [5.74, 6) is -0.293. The summed E-state index contributed by atoms with van der Waals surface area (Å²) in [6, 6.07) is 9.64. The number of rotatable bonds is 7. The fraction of sp³-hybridized carbons (Fsp3) is 0.263. The zero-order valence-electron chi connectivity index (χ0n) is 14.5. The summed E-state index contributed by atoms with van der Waals surface area (Å²) in [6.07, 6.45) is 0.814. The highest BCUT2D eigenvalue weighted by atomic mass is 16.5. The number of hydrogen-bond donors (Lipinski definition) is 2. The second-order valence-corrected chi connectivity index (χ2v) is 5.50. The summed E-state index contributed by atoms with van der Waals surface area (Å²) in [6.45, 7) is 4.15. The van der Waals surface area contributed by atoms with Crippen molar-refractivity contribution in [1.29, 1.82) is 0 Å². The summed E-state index contributed by atoms with van der Waals surface area (Å²) in [5, 5.41) is 11.8. The molecule has 0 spiro atoms. The molecule has 132 valence electrons. The van der Waals surface area contributed by atoms with Gasteiger partial charge in [0.05, 0.1) is 24.8 Å². The lowest BCUT2D eigenvalue weighted by atomic mass is 10.1. The molecule has 6 nitrogen and oxygen atoms in total. The van der Waals surface area contributed by atoms with E-state index in [0.29, 0.717) is 34.9 Å². The fourth-order valence-electron chi connectivity index (χ4n) is 2.33. The number of nitrogens with one attached hydrogen (secondary N) is 1. The lowest BCUT2D eigenvalue weighted by Gasteiger charge is -2.13. The number of benzene rings is 2. The molecule has 0 bridgehead atoms. The van der Waals surface area contributed by atoms with Crippen LogP contribution in [-0.2, 0) is 0 Å². The molecule has 0 aliphatic carbocycles. The molecular formula is C19H21NO5. The highest BCUT2D eigenvalue weighted by molar-refractivity contribution is 6.06. The Morgan fingerprint density at radius 1 is 1.12 bits per heavy atom. The van der Waals surface area contributed by atoms with E-state index in [1.807, 2.05) is 6.92 Å². The van der Waals surface area contributed by atoms with E-state index in [-0.39, 0.29) is 11.5 Å². The van der Waals surface area contributed by atoms with Crippen molar-refractivity contribution in [1.82, 2.24) is 0 Å². The first-order chi connectivity index (χ1) is 12.0. The van der Waals surface area contributed by atoms with Gasteiger partial charge in [0.15, 0.2) is 0 Å². The van der Waals surface area contributed by atoms with Crippen LogP contribution in [0.3, 0.4) is 0 Å². The maximum atomic E-state index is 12.6. The van der Waals surface area contributed by atoms with E-state index >= 15 is 0 Å². The number of ether oxygens (including phenoxy) is 2. The number of carbonyl (C=O) groups is 2. The van der Waals surface area contributed by atoms with Crippen molar-refractivity contribution in [3.63, 3.8) is 0 Å². The number of carbonyl (C=O) groups excluding carboxylic acids is 1. The monoisotopic (exact) mass is 343 g/mol. The summed E-state index contributed by atoms with van der Waals surface area (Å²) >= 11 is 0. The molecule has 0 saturated carbocycles. The van der Waals surface area contributed by atoms with E-state index in [0.717, 1.165) is 6.42 Å². The van der Waals surface area contributed by atoms with Gasteiger partial charge >= 0.3 is 5.97 Å². The molecule has 0 aliphatic heterocycles. The molecule has 0 heterocycles. The number of aryl methyl sites for hydroxylation is 1. The SMILES string of the molecule is CCCOc1cc(OC)ccc1C(=O)Nc1ccc(C(=O)O)c(C)c1. The minimum Gasteiger partial charge on any atom is -0.497 e. The van der Waals surface area contributed by atoms with Crippen LogP contribution in [0.5, 0.6) is 11.5 Å². The molecule has 6 heteroatoms. The third kappa shape index (κ3) is 4.50. The molecule has 2 N–H and O–H groups in total. The summed E-state index contributed by atoms with van der Waals surface area (Å²) in [7, 11) is 1.55. The van der Waals surface area contributed by atoms with Crippen LogP contribution in [0.2, 0.25) is 0 Å². The molecule has 0 aliphatic rings. The zero-order chi connectivity index (χ0) is 18.4. The number of carboxylic acid groups (broad SMARTS) is 1. The quantitative estimate of drug-likeness (QED) is 0.800. The Balaban J connectivity index is 2.25. The van der Waals surface area contributed by atoms with Crippen LogP contribution in [-0.4, -0.2) is 30.7 Å². The Morgan fingerprint density at radius 2 is 1.84 bits per heavy atom. The van der Waals surface area contributed by atoms with Crippen molar-refractivity contribution in [3.8, 4) is 11.5 Å². The number of carboxylic acids is 1. The fourth-order valence-corrected chi connectivity index (χ4v) is 2.33. The molecule has 2 aromatic carbocycles. The molecular weight excluding hydrogens is 322 g/mol. The molecule has 0 fully saturated rings. The molecule has 2 aromatic rings. The highest BCUT2D eigenvalue weighted by Gasteiger charge is 2.15. The van der Waals surface area contributed by atoms with Gasteiger partial charge in [0.1, 0.15) is 11.5 Å². The van der Waals surface area contributed by atoms with Gasteiger partial charge in [-0.15, -0.1) is 0 Å². The second-order valence-electron chi connectivity index (χ2n) is 5.50. The van der Waals surface area contributed by atoms with Gasteiger partial charge in [-0.2, -0.15) is 0 Å².